The molecule has 0 saturated heterocycles. The molecule has 1 N–H and O–H groups in total. The van der Waals surface area contributed by atoms with E-state index in [9.17, 15) is 12.8 Å². The Morgan fingerprint density at radius 1 is 0.594 bits per heavy atom. The topological polar surface area (TPSA) is 55.4 Å². The fourth-order valence-corrected chi connectivity index (χ4v) is 4.67. The summed E-state index contributed by atoms with van der Waals surface area (Å²) in [5.41, 5.74) is 0. The van der Waals surface area contributed by atoms with Gasteiger partial charge in [0.15, 0.2) is 0 Å². The van der Waals surface area contributed by atoms with E-state index in [0.29, 0.717) is 19.4 Å². The van der Waals surface area contributed by atoms with Crippen LogP contribution in [0.1, 0.15) is 135 Å². The Bertz CT molecular complexity index is 433. The largest absolute Gasteiger partial charge is 0.323 e. The zero-order valence-electron chi connectivity index (χ0n) is 21.8. The van der Waals surface area contributed by atoms with Gasteiger partial charge in [0.1, 0.15) is 0 Å². The maximum atomic E-state index is 12.0. The lowest BCUT2D eigenvalue weighted by Gasteiger charge is -2.06. The number of hydrogen-bond acceptors (Lipinski definition) is 4. The molecule has 6 heteroatoms. The molecule has 0 rings (SSSR count). The van der Waals surface area contributed by atoms with Gasteiger partial charge >= 0.3 is 0 Å². The molecule has 0 saturated carbocycles. The van der Waals surface area contributed by atoms with E-state index in [1.165, 1.54) is 77.0 Å². The number of rotatable bonds is 24. The number of nitrogens with one attached hydrogen (secondary N) is 1. The molecule has 0 fully saturated rings. The zero-order valence-corrected chi connectivity index (χ0v) is 22.6. The van der Waals surface area contributed by atoms with Crippen molar-refractivity contribution in [1.29, 1.82) is 0 Å². The highest BCUT2D eigenvalue weighted by Crippen LogP contribution is 2.13. The van der Waals surface area contributed by atoms with E-state index in [4.69, 9.17) is 4.18 Å². The minimum Gasteiger partial charge on any atom is -0.323 e. The normalized spacial score (nSPS) is 11.4. The summed E-state index contributed by atoms with van der Waals surface area (Å²) in [5, 5.41) is 2.75. The van der Waals surface area contributed by atoms with Crippen LogP contribution in [0, 0.1) is 0 Å². The molecule has 0 aromatic carbocycles. The first-order valence-corrected chi connectivity index (χ1v) is 15.1. The Labute approximate surface area is 201 Å². The van der Waals surface area contributed by atoms with Gasteiger partial charge in [-0.15, -0.1) is 0 Å². The molecule has 0 amide bonds. The molecule has 0 aliphatic carbocycles. The number of alkyl halides is 1. The van der Waals surface area contributed by atoms with Gasteiger partial charge in [0.25, 0.3) is 10.1 Å². The quantitative estimate of drug-likeness (QED) is 0.112. The Hall–Kier alpha value is -0.200. The van der Waals surface area contributed by atoms with Gasteiger partial charge in [-0.3, -0.25) is 8.57 Å². The van der Waals surface area contributed by atoms with Gasteiger partial charge in [0, 0.05) is 0 Å². The highest BCUT2D eigenvalue weighted by molar-refractivity contribution is 7.86. The third-order valence-corrected chi connectivity index (χ3v) is 6.85. The second-order valence-electron chi connectivity index (χ2n) is 8.99. The summed E-state index contributed by atoms with van der Waals surface area (Å²) in [6, 6.07) is 0. The van der Waals surface area contributed by atoms with E-state index in [1.54, 1.807) is 0 Å². The Balaban J connectivity index is 0. The van der Waals surface area contributed by atoms with Crippen LogP contribution in [0.25, 0.3) is 0 Å². The summed E-state index contributed by atoms with van der Waals surface area (Å²) < 4.78 is 40.7. The monoisotopic (exact) mass is 481 g/mol. The number of halogens is 1. The van der Waals surface area contributed by atoms with Gasteiger partial charge in [-0.05, 0) is 33.4 Å². The van der Waals surface area contributed by atoms with Crippen LogP contribution in [-0.2, 0) is 14.3 Å². The van der Waals surface area contributed by atoms with Gasteiger partial charge in [0.05, 0.1) is 19.0 Å². The molecule has 0 atom stereocenters. The molecule has 0 bridgehead atoms. The molecule has 0 aliphatic rings. The maximum absolute atomic E-state index is 12.0. The standard InChI is InChI=1S/C24H49FO3S.C2H7N/c1-2-3-4-5-6-7-8-9-10-11-12-14-17-20-23-28-29(26,27)24-21-18-15-13-16-19-22-25;1-3-2/h2-24H2,1H3;3H,1-2H3. The number of unbranched alkanes of at least 4 members (excludes halogenated alkanes) is 18. The Morgan fingerprint density at radius 3 is 1.34 bits per heavy atom. The Morgan fingerprint density at radius 2 is 0.938 bits per heavy atom. The second-order valence-corrected chi connectivity index (χ2v) is 10.7. The van der Waals surface area contributed by atoms with Crippen LogP contribution < -0.4 is 5.32 Å². The number of hydrogen-bond donors (Lipinski definition) is 1. The van der Waals surface area contributed by atoms with E-state index >= 15 is 0 Å². The minimum atomic E-state index is -3.36. The third kappa shape index (κ3) is 32.0. The van der Waals surface area contributed by atoms with Crippen LogP contribution in [-0.4, -0.2) is 41.5 Å². The molecule has 196 valence electrons. The predicted octanol–water partition coefficient (Wildman–Crippen LogP) is 7.96. The van der Waals surface area contributed by atoms with Gasteiger partial charge in [-0.1, -0.05) is 116 Å². The molecule has 0 radical (unpaired) electrons. The molecular formula is C26H56FNO3S. The summed E-state index contributed by atoms with van der Waals surface area (Å²) >= 11 is 0. The van der Waals surface area contributed by atoms with Gasteiger partial charge < -0.3 is 5.32 Å². The lowest BCUT2D eigenvalue weighted by molar-refractivity contribution is 0.305. The average Bonchev–Trinajstić information content (AvgIpc) is 2.76. The van der Waals surface area contributed by atoms with E-state index < -0.39 is 10.1 Å². The van der Waals surface area contributed by atoms with Crippen LogP contribution in [0.15, 0.2) is 0 Å². The first kappa shape index (κ1) is 34.0. The summed E-state index contributed by atoms with van der Waals surface area (Å²) in [6.45, 7) is 2.34. The van der Waals surface area contributed by atoms with Crippen LogP contribution >= 0.6 is 0 Å². The maximum Gasteiger partial charge on any atom is 0.267 e. The molecule has 0 unspecified atom stereocenters. The highest BCUT2D eigenvalue weighted by atomic mass is 32.2. The van der Waals surface area contributed by atoms with E-state index in [2.05, 4.69) is 12.2 Å². The van der Waals surface area contributed by atoms with Gasteiger partial charge in [0.2, 0.25) is 0 Å². The molecule has 32 heavy (non-hydrogen) atoms. The van der Waals surface area contributed by atoms with Gasteiger partial charge in [-0.25, -0.2) is 0 Å². The van der Waals surface area contributed by atoms with Crippen molar-refractivity contribution in [3.8, 4) is 0 Å². The van der Waals surface area contributed by atoms with Crippen molar-refractivity contribution in [3.05, 3.63) is 0 Å². The summed E-state index contributed by atoms with van der Waals surface area (Å²) in [5.74, 6) is 0.120. The first-order chi connectivity index (χ1) is 15.5. The molecule has 4 nitrogen and oxygen atoms in total. The summed E-state index contributed by atoms with van der Waals surface area (Å²) in [7, 11) is 0.393. The average molecular weight is 482 g/mol. The SMILES string of the molecule is CCCCCCCCCCCCCCCCOS(=O)(=O)CCCCCCCCF.CNC. The molecule has 0 aromatic heterocycles. The van der Waals surface area contributed by atoms with Crippen molar-refractivity contribution in [2.45, 2.75) is 135 Å². The molecule has 0 aliphatic heterocycles. The molecular weight excluding hydrogens is 425 g/mol. The summed E-state index contributed by atoms with van der Waals surface area (Å²) in [4.78, 5) is 0. The van der Waals surface area contributed by atoms with E-state index in [1.807, 2.05) is 14.1 Å². The van der Waals surface area contributed by atoms with E-state index in [0.717, 1.165) is 38.5 Å². The second kappa shape index (κ2) is 28.8. The third-order valence-electron chi connectivity index (χ3n) is 5.54. The van der Waals surface area contributed by atoms with Crippen molar-refractivity contribution in [2.75, 3.05) is 33.1 Å². The molecule has 0 heterocycles. The van der Waals surface area contributed by atoms with Crippen molar-refractivity contribution in [2.24, 2.45) is 0 Å². The van der Waals surface area contributed by atoms with E-state index in [-0.39, 0.29) is 12.4 Å². The summed E-state index contributed by atoms with van der Waals surface area (Å²) in [6.07, 6.45) is 23.1. The van der Waals surface area contributed by atoms with Gasteiger partial charge in [-0.2, -0.15) is 8.42 Å². The predicted molar refractivity (Wildman–Crippen MR) is 139 cm³/mol. The van der Waals surface area contributed by atoms with Crippen molar-refractivity contribution < 1.29 is 17.0 Å². The fraction of sp³-hybridized carbons (Fsp3) is 1.00. The van der Waals surface area contributed by atoms with Crippen molar-refractivity contribution in [3.63, 3.8) is 0 Å². The lowest BCUT2D eigenvalue weighted by Crippen LogP contribution is -2.11. The van der Waals surface area contributed by atoms with Crippen molar-refractivity contribution in [1.82, 2.24) is 5.32 Å². The van der Waals surface area contributed by atoms with Crippen LogP contribution in [0.5, 0.6) is 0 Å². The Kier molecular flexibility index (Phi) is 30.6. The first-order valence-electron chi connectivity index (χ1n) is 13.6. The lowest BCUT2D eigenvalue weighted by atomic mass is 10.0. The smallest absolute Gasteiger partial charge is 0.267 e. The van der Waals surface area contributed by atoms with Crippen LogP contribution in [0.4, 0.5) is 4.39 Å². The van der Waals surface area contributed by atoms with Crippen LogP contribution in [0.2, 0.25) is 0 Å². The van der Waals surface area contributed by atoms with Crippen LogP contribution in [0.3, 0.4) is 0 Å². The highest BCUT2D eigenvalue weighted by Gasteiger charge is 2.10. The molecule has 0 spiro atoms. The minimum absolute atomic E-state index is 0.120. The van der Waals surface area contributed by atoms with Crippen molar-refractivity contribution >= 4 is 10.1 Å². The fourth-order valence-electron chi connectivity index (χ4n) is 3.62. The zero-order chi connectivity index (χ0) is 24.2. The molecule has 0 aromatic rings.